The fourth-order valence-electron chi connectivity index (χ4n) is 5.33. The van der Waals surface area contributed by atoms with Gasteiger partial charge in [0.25, 0.3) is 5.91 Å². The molecule has 2 N–H and O–H groups in total. The van der Waals surface area contributed by atoms with E-state index >= 15 is 0 Å². The van der Waals surface area contributed by atoms with E-state index in [1.54, 1.807) is 36.7 Å². The summed E-state index contributed by atoms with van der Waals surface area (Å²) in [4.78, 5) is 36.6. The third-order valence-electron chi connectivity index (χ3n) is 7.95. The lowest BCUT2D eigenvalue weighted by molar-refractivity contribution is -0.141. The quantitative estimate of drug-likeness (QED) is 0.231. The van der Waals surface area contributed by atoms with E-state index < -0.39 is 29.8 Å². The van der Waals surface area contributed by atoms with Crippen molar-refractivity contribution in [2.75, 3.05) is 0 Å². The first-order valence-electron chi connectivity index (χ1n) is 14.2. The first kappa shape index (κ1) is 29.9. The number of halogens is 3. The van der Waals surface area contributed by atoms with Crippen LogP contribution >= 0.6 is 0 Å². The summed E-state index contributed by atoms with van der Waals surface area (Å²) in [5, 5.41) is 12.0. The van der Waals surface area contributed by atoms with Crippen LogP contribution in [0.2, 0.25) is 0 Å². The summed E-state index contributed by atoms with van der Waals surface area (Å²) in [6, 6.07) is 15.9. The monoisotopic (exact) mass is 588 g/mol. The zero-order valence-electron chi connectivity index (χ0n) is 23.5. The molecule has 222 valence electrons. The maximum Gasteiger partial charge on any atom is 0.433 e. The number of amides is 1. The summed E-state index contributed by atoms with van der Waals surface area (Å²) in [6.45, 7) is 2.32. The van der Waals surface area contributed by atoms with Gasteiger partial charge in [0.15, 0.2) is 5.82 Å². The molecular formula is C33H31F3N4O3. The molecule has 1 saturated carbocycles. The van der Waals surface area contributed by atoms with Crippen molar-refractivity contribution in [2.24, 2.45) is 5.92 Å². The number of alkyl halides is 3. The van der Waals surface area contributed by atoms with Crippen LogP contribution in [-0.2, 0) is 17.4 Å². The van der Waals surface area contributed by atoms with Gasteiger partial charge < -0.3 is 10.4 Å². The predicted molar refractivity (Wildman–Crippen MR) is 155 cm³/mol. The third kappa shape index (κ3) is 7.43. The number of nitrogens with zero attached hydrogens (tertiary/aromatic N) is 3. The molecule has 1 atom stereocenters. The number of carbonyl (C=O) groups is 2. The number of hydrogen-bond donors (Lipinski definition) is 2. The van der Waals surface area contributed by atoms with Gasteiger partial charge in [0.1, 0.15) is 11.7 Å². The lowest BCUT2D eigenvalue weighted by Gasteiger charge is -2.26. The second-order valence-electron chi connectivity index (χ2n) is 11.1. The highest BCUT2D eigenvalue weighted by Crippen LogP contribution is 2.36. The number of aromatic nitrogens is 3. The minimum atomic E-state index is -4.64. The molecule has 5 rings (SSSR count). The number of pyridine rings is 1. The zero-order valence-corrected chi connectivity index (χ0v) is 23.5. The van der Waals surface area contributed by atoms with Crippen LogP contribution in [0.3, 0.4) is 0 Å². The number of nitrogens with one attached hydrogen (secondary N) is 1. The molecule has 10 heteroatoms. The molecule has 0 aliphatic heterocycles. The Balaban J connectivity index is 1.20. The number of hydrogen-bond acceptors (Lipinski definition) is 5. The van der Waals surface area contributed by atoms with Gasteiger partial charge in [-0.2, -0.15) is 13.2 Å². The number of carboxylic acids is 1. The number of carboxylic acid groups (broad SMARTS) is 1. The minimum absolute atomic E-state index is 0.0366. The summed E-state index contributed by atoms with van der Waals surface area (Å²) in [6.07, 6.45) is 4.68. The van der Waals surface area contributed by atoms with E-state index in [0.717, 1.165) is 34.9 Å². The van der Waals surface area contributed by atoms with Gasteiger partial charge in [-0.1, -0.05) is 68.3 Å². The van der Waals surface area contributed by atoms with Crippen LogP contribution in [0.1, 0.15) is 65.7 Å². The van der Waals surface area contributed by atoms with E-state index in [2.05, 4.69) is 51.5 Å². The van der Waals surface area contributed by atoms with Gasteiger partial charge in [-0.05, 0) is 53.5 Å². The van der Waals surface area contributed by atoms with Crippen LogP contribution in [0.5, 0.6) is 0 Å². The van der Waals surface area contributed by atoms with Crippen molar-refractivity contribution in [3.05, 3.63) is 102 Å². The number of benzene rings is 2. The lowest BCUT2D eigenvalue weighted by atomic mass is 9.79. The van der Waals surface area contributed by atoms with Gasteiger partial charge in [-0.25, -0.2) is 14.8 Å². The maximum atomic E-state index is 12.7. The molecule has 1 amide bonds. The first-order valence-corrected chi connectivity index (χ1v) is 14.2. The molecule has 0 saturated heterocycles. The number of carbonyl (C=O) groups excluding carboxylic acids is 1. The number of aliphatic carboxylic acids is 1. The Hall–Kier alpha value is -4.60. The number of rotatable bonds is 8. The molecule has 2 heterocycles. The van der Waals surface area contributed by atoms with E-state index in [0.29, 0.717) is 23.4 Å². The van der Waals surface area contributed by atoms with Crippen molar-refractivity contribution in [1.29, 1.82) is 0 Å². The highest BCUT2D eigenvalue weighted by atomic mass is 19.4. The largest absolute Gasteiger partial charge is 0.480 e. The van der Waals surface area contributed by atoms with E-state index in [9.17, 15) is 27.9 Å². The molecule has 1 aliphatic rings. The molecule has 43 heavy (non-hydrogen) atoms. The van der Waals surface area contributed by atoms with Crippen LogP contribution in [-0.4, -0.2) is 38.0 Å². The summed E-state index contributed by atoms with van der Waals surface area (Å²) >= 11 is 0. The van der Waals surface area contributed by atoms with Gasteiger partial charge >= 0.3 is 12.1 Å². The summed E-state index contributed by atoms with van der Waals surface area (Å²) in [5.41, 5.74) is 3.39. The third-order valence-corrected chi connectivity index (χ3v) is 7.95. The Kier molecular flexibility index (Phi) is 8.84. The molecule has 1 fully saturated rings. The van der Waals surface area contributed by atoms with E-state index in [-0.39, 0.29) is 12.0 Å². The van der Waals surface area contributed by atoms with Crippen LogP contribution in [0.15, 0.2) is 79.3 Å². The van der Waals surface area contributed by atoms with Crippen molar-refractivity contribution in [3.8, 4) is 22.5 Å². The lowest BCUT2D eigenvalue weighted by Crippen LogP contribution is -2.42. The Labute approximate surface area is 247 Å². The molecule has 0 radical (unpaired) electrons. The van der Waals surface area contributed by atoms with E-state index in [1.165, 1.54) is 31.2 Å². The average Bonchev–Trinajstić information content (AvgIpc) is 3.01. The first-order chi connectivity index (χ1) is 20.6. The predicted octanol–water partition coefficient (Wildman–Crippen LogP) is 6.94. The van der Waals surface area contributed by atoms with Gasteiger partial charge in [-0.3, -0.25) is 9.78 Å². The van der Waals surface area contributed by atoms with Gasteiger partial charge in [0.2, 0.25) is 0 Å². The standard InChI is InChI=1S/C33H31F3N4O3/c1-20-2-6-22(7-3-20)23-10-12-24(13-11-23)27-18-38-30(39-19-27)25-8-4-21(5-9-25)16-28(32(42)43)40-31(41)26-14-15-29(37-17-26)33(34,35)36/h4-5,8-15,17-20,22,28H,2-3,6-7,16H2,1H3,(H,40,41)(H,42,43)/t20-,22-,28-/m0/s1. The fourth-order valence-corrected chi connectivity index (χ4v) is 5.33. The van der Waals surface area contributed by atoms with Gasteiger partial charge in [-0.15, -0.1) is 0 Å². The second-order valence-corrected chi connectivity index (χ2v) is 11.1. The van der Waals surface area contributed by atoms with E-state index in [1.807, 2.05) is 0 Å². The normalized spacial score (nSPS) is 17.7. The Morgan fingerprint density at radius 1 is 0.837 bits per heavy atom. The van der Waals surface area contributed by atoms with Crippen molar-refractivity contribution in [2.45, 2.75) is 57.2 Å². The molecule has 2 aromatic carbocycles. The highest BCUT2D eigenvalue weighted by Gasteiger charge is 2.32. The van der Waals surface area contributed by atoms with Crippen LogP contribution in [0.4, 0.5) is 13.2 Å². The van der Waals surface area contributed by atoms with E-state index in [4.69, 9.17) is 0 Å². The summed E-state index contributed by atoms with van der Waals surface area (Å²) in [5.74, 6) is -0.153. The molecule has 0 spiro atoms. The Bertz CT molecular complexity index is 1550. The fraction of sp³-hybridized carbons (Fsp3) is 0.303. The Morgan fingerprint density at radius 3 is 2.02 bits per heavy atom. The molecule has 0 unspecified atom stereocenters. The SMILES string of the molecule is C[C@H]1CC[C@H](c2ccc(-c3cnc(-c4ccc(C[C@H](NC(=O)c5ccc(C(F)(F)F)nc5)C(=O)O)cc4)nc3)cc2)CC1. The van der Waals surface area contributed by atoms with Crippen molar-refractivity contribution in [3.63, 3.8) is 0 Å². The van der Waals surface area contributed by atoms with Crippen LogP contribution < -0.4 is 5.32 Å². The van der Waals surface area contributed by atoms with Crippen LogP contribution in [0.25, 0.3) is 22.5 Å². The van der Waals surface area contributed by atoms with Crippen molar-refractivity contribution >= 4 is 11.9 Å². The minimum Gasteiger partial charge on any atom is -0.480 e. The highest BCUT2D eigenvalue weighted by molar-refractivity contribution is 5.96. The molecule has 7 nitrogen and oxygen atoms in total. The van der Waals surface area contributed by atoms with Crippen molar-refractivity contribution in [1.82, 2.24) is 20.3 Å². The second kappa shape index (κ2) is 12.7. The molecule has 0 bridgehead atoms. The van der Waals surface area contributed by atoms with Crippen LogP contribution in [0, 0.1) is 5.92 Å². The summed E-state index contributed by atoms with van der Waals surface area (Å²) < 4.78 is 38.2. The molecule has 4 aromatic rings. The van der Waals surface area contributed by atoms with Gasteiger partial charge in [0, 0.05) is 36.1 Å². The molecule has 1 aliphatic carbocycles. The topological polar surface area (TPSA) is 105 Å². The summed E-state index contributed by atoms with van der Waals surface area (Å²) in [7, 11) is 0. The van der Waals surface area contributed by atoms with Crippen molar-refractivity contribution < 1.29 is 27.9 Å². The zero-order chi connectivity index (χ0) is 30.6. The molecule has 2 aromatic heterocycles. The maximum absolute atomic E-state index is 12.7. The smallest absolute Gasteiger partial charge is 0.433 e. The van der Waals surface area contributed by atoms with Gasteiger partial charge in [0.05, 0.1) is 5.56 Å². The Morgan fingerprint density at radius 2 is 1.47 bits per heavy atom. The molecular weight excluding hydrogens is 557 g/mol. The average molecular weight is 589 g/mol.